The third kappa shape index (κ3) is 3.85. The topological polar surface area (TPSA) is 86.7 Å². The Morgan fingerprint density at radius 2 is 1.95 bits per heavy atom. The van der Waals surface area contributed by atoms with Crippen LogP contribution >= 0.6 is 11.3 Å². The van der Waals surface area contributed by atoms with Gasteiger partial charge in [-0.1, -0.05) is 13.8 Å². The molecule has 1 aromatic rings. The van der Waals surface area contributed by atoms with Gasteiger partial charge in [0, 0.05) is 30.3 Å². The molecule has 0 aromatic carbocycles. The molecule has 0 bridgehead atoms. The first kappa shape index (κ1) is 16.5. The summed E-state index contributed by atoms with van der Waals surface area (Å²) in [5.74, 6) is -1.13. The zero-order valence-electron chi connectivity index (χ0n) is 12.7. The van der Waals surface area contributed by atoms with E-state index >= 15 is 0 Å². The third-order valence-corrected chi connectivity index (χ3v) is 4.61. The number of nitrogens with one attached hydrogen (secondary N) is 1. The molecule has 22 heavy (non-hydrogen) atoms. The van der Waals surface area contributed by atoms with Crippen LogP contribution in [0.15, 0.2) is 11.4 Å². The summed E-state index contributed by atoms with van der Waals surface area (Å²) in [5, 5.41) is 13.7. The van der Waals surface area contributed by atoms with Crippen molar-refractivity contribution < 1.29 is 19.5 Å². The standard InChI is InChI=1S/C15H20N2O4S/c1-9(2)14(19)17-5-3-10(4-6-17)13(18)16-12-7-11(8-22-12)15(20)21/h7-10H,3-6H2,1-2H3,(H,16,18)(H,20,21). The van der Waals surface area contributed by atoms with Gasteiger partial charge in [0.1, 0.15) is 0 Å². The van der Waals surface area contributed by atoms with E-state index in [-0.39, 0.29) is 29.2 Å². The maximum absolute atomic E-state index is 12.2. The zero-order chi connectivity index (χ0) is 16.3. The van der Waals surface area contributed by atoms with E-state index < -0.39 is 5.97 Å². The molecule has 0 aliphatic carbocycles. The van der Waals surface area contributed by atoms with E-state index in [1.807, 2.05) is 18.7 Å². The van der Waals surface area contributed by atoms with Gasteiger partial charge in [0.05, 0.1) is 10.6 Å². The first-order valence-corrected chi connectivity index (χ1v) is 8.18. The fourth-order valence-corrected chi connectivity index (χ4v) is 3.24. The van der Waals surface area contributed by atoms with Crippen LogP contribution in [0.25, 0.3) is 0 Å². The van der Waals surface area contributed by atoms with Crippen molar-refractivity contribution in [3.63, 3.8) is 0 Å². The Bertz CT molecular complexity index is 574. The van der Waals surface area contributed by atoms with Crippen molar-refractivity contribution >= 4 is 34.1 Å². The highest BCUT2D eigenvalue weighted by Crippen LogP contribution is 2.24. The van der Waals surface area contributed by atoms with Gasteiger partial charge < -0.3 is 15.3 Å². The Balaban J connectivity index is 1.87. The summed E-state index contributed by atoms with van der Waals surface area (Å²) in [6.07, 6.45) is 1.28. The first-order chi connectivity index (χ1) is 10.4. The van der Waals surface area contributed by atoms with Crippen LogP contribution in [0.5, 0.6) is 0 Å². The minimum absolute atomic E-state index is 0.0223. The van der Waals surface area contributed by atoms with Crippen molar-refractivity contribution in [2.75, 3.05) is 18.4 Å². The van der Waals surface area contributed by atoms with Crippen LogP contribution in [0.4, 0.5) is 5.00 Å². The molecule has 6 nitrogen and oxygen atoms in total. The number of hydrogen-bond acceptors (Lipinski definition) is 4. The van der Waals surface area contributed by atoms with Crippen LogP contribution in [0.1, 0.15) is 37.0 Å². The molecule has 2 heterocycles. The van der Waals surface area contributed by atoms with E-state index in [1.54, 1.807) is 0 Å². The van der Waals surface area contributed by atoms with Gasteiger partial charge in [0.15, 0.2) is 0 Å². The molecule has 2 amide bonds. The first-order valence-electron chi connectivity index (χ1n) is 7.30. The Hall–Kier alpha value is -1.89. The maximum atomic E-state index is 12.2. The average Bonchev–Trinajstić information content (AvgIpc) is 2.95. The Labute approximate surface area is 133 Å². The van der Waals surface area contributed by atoms with Crippen molar-refractivity contribution in [2.24, 2.45) is 11.8 Å². The number of carbonyl (C=O) groups excluding carboxylic acids is 2. The zero-order valence-corrected chi connectivity index (χ0v) is 13.5. The van der Waals surface area contributed by atoms with Crippen LogP contribution in [-0.4, -0.2) is 40.9 Å². The molecule has 0 atom stereocenters. The predicted molar refractivity (Wildman–Crippen MR) is 84.1 cm³/mol. The van der Waals surface area contributed by atoms with Gasteiger partial charge in [-0.3, -0.25) is 9.59 Å². The molecule has 1 aliphatic heterocycles. The number of piperidine rings is 1. The van der Waals surface area contributed by atoms with Gasteiger partial charge >= 0.3 is 5.97 Å². The lowest BCUT2D eigenvalue weighted by Gasteiger charge is -2.32. The van der Waals surface area contributed by atoms with E-state index in [0.29, 0.717) is 30.9 Å². The highest BCUT2D eigenvalue weighted by atomic mass is 32.1. The molecule has 1 aromatic heterocycles. The van der Waals surface area contributed by atoms with Gasteiger partial charge in [-0.25, -0.2) is 4.79 Å². The maximum Gasteiger partial charge on any atom is 0.336 e. The lowest BCUT2D eigenvalue weighted by molar-refractivity contribution is -0.137. The number of carboxylic acid groups (broad SMARTS) is 1. The minimum atomic E-state index is -1.00. The molecule has 1 fully saturated rings. The third-order valence-electron chi connectivity index (χ3n) is 3.76. The SMILES string of the molecule is CC(C)C(=O)N1CCC(C(=O)Nc2cc(C(=O)O)cs2)CC1. The second-order valence-corrected chi connectivity index (χ2v) is 6.66. The summed E-state index contributed by atoms with van der Waals surface area (Å²) >= 11 is 1.20. The van der Waals surface area contributed by atoms with Crippen LogP contribution in [0.3, 0.4) is 0 Å². The Kier molecular flexibility index (Phi) is 5.18. The summed E-state index contributed by atoms with van der Waals surface area (Å²) in [6, 6.07) is 1.46. The molecule has 2 N–H and O–H groups in total. The van der Waals surface area contributed by atoms with Gasteiger partial charge in [-0.05, 0) is 18.9 Å². The average molecular weight is 324 g/mol. The molecule has 0 saturated carbocycles. The fourth-order valence-electron chi connectivity index (χ4n) is 2.46. The number of carbonyl (C=O) groups is 3. The highest BCUT2D eigenvalue weighted by Gasteiger charge is 2.28. The summed E-state index contributed by atoms with van der Waals surface area (Å²) in [4.78, 5) is 36.7. The number of rotatable bonds is 4. The molecular formula is C15H20N2O4S. The molecule has 0 spiro atoms. The van der Waals surface area contributed by atoms with Crippen LogP contribution in [-0.2, 0) is 9.59 Å². The second-order valence-electron chi connectivity index (χ2n) is 5.75. The summed E-state index contributed by atoms with van der Waals surface area (Å²) < 4.78 is 0. The summed E-state index contributed by atoms with van der Waals surface area (Å²) in [5.41, 5.74) is 0.178. The highest BCUT2D eigenvalue weighted by molar-refractivity contribution is 7.14. The van der Waals surface area contributed by atoms with Crippen molar-refractivity contribution in [1.29, 1.82) is 0 Å². The largest absolute Gasteiger partial charge is 0.478 e. The number of thiophene rings is 1. The van der Waals surface area contributed by atoms with Crippen molar-refractivity contribution in [3.8, 4) is 0 Å². The van der Waals surface area contributed by atoms with Crippen LogP contribution < -0.4 is 5.32 Å². The van der Waals surface area contributed by atoms with E-state index in [4.69, 9.17) is 5.11 Å². The second kappa shape index (κ2) is 6.91. The van der Waals surface area contributed by atoms with Gasteiger partial charge in [0.25, 0.3) is 0 Å². The number of likely N-dealkylation sites (tertiary alicyclic amines) is 1. The molecule has 0 radical (unpaired) electrons. The number of anilines is 1. The normalized spacial score (nSPS) is 15.9. The summed E-state index contributed by atoms with van der Waals surface area (Å²) in [7, 11) is 0. The van der Waals surface area contributed by atoms with Crippen LogP contribution in [0.2, 0.25) is 0 Å². The number of nitrogens with zero attached hydrogens (tertiary/aromatic N) is 1. The number of aromatic carboxylic acids is 1. The van der Waals surface area contributed by atoms with E-state index in [2.05, 4.69) is 5.32 Å². The van der Waals surface area contributed by atoms with E-state index in [9.17, 15) is 14.4 Å². The van der Waals surface area contributed by atoms with Gasteiger partial charge in [0.2, 0.25) is 11.8 Å². The molecule has 2 rings (SSSR count). The van der Waals surface area contributed by atoms with Crippen LogP contribution in [0, 0.1) is 11.8 Å². The van der Waals surface area contributed by atoms with Crippen molar-refractivity contribution in [2.45, 2.75) is 26.7 Å². The minimum Gasteiger partial charge on any atom is -0.478 e. The molecule has 120 valence electrons. The predicted octanol–water partition coefficient (Wildman–Crippen LogP) is 2.28. The lowest BCUT2D eigenvalue weighted by Crippen LogP contribution is -2.43. The summed E-state index contributed by atoms with van der Waals surface area (Å²) in [6.45, 7) is 4.94. The smallest absolute Gasteiger partial charge is 0.336 e. The molecule has 0 unspecified atom stereocenters. The number of hydrogen-bond donors (Lipinski definition) is 2. The quantitative estimate of drug-likeness (QED) is 0.889. The monoisotopic (exact) mass is 324 g/mol. The van der Waals surface area contributed by atoms with Crippen molar-refractivity contribution in [1.82, 2.24) is 4.90 Å². The molecule has 1 saturated heterocycles. The van der Waals surface area contributed by atoms with Crippen molar-refractivity contribution in [3.05, 3.63) is 17.0 Å². The fraction of sp³-hybridized carbons (Fsp3) is 0.533. The number of amides is 2. The van der Waals surface area contributed by atoms with E-state index in [1.165, 1.54) is 22.8 Å². The Morgan fingerprint density at radius 3 is 2.45 bits per heavy atom. The van der Waals surface area contributed by atoms with E-state index in [0.717, 1.165) is 0 Å². The van der Waals surface area contributed by atoms with Gasteiger partial charge in [-0.2, -0.15) is 0 Å². The molecular weight excluding hydrogens is 304 g/mol. The Morgan fingerprint density at radius 1 is 1.32 bits per heavy atom. The molecule has 7 heteroatoms. The molecule has 1 aliphatic rings. The lowest BCUT2D eigenvalue weighted by atomic mass is 9.95. The number of carboxylic acids is 1. The van der Waals surface area contributed by atoms with Gasteiger partial charge in [-0.15, -0.1) is 11.3 Å².